The molecule has 0 spiro atoms. The van der Waals surface area contributed by atoms with E-state index in [0.717, 1.165) is 15.9 Å². The number of aryl methyl sites for hydroxylation is 1. The van der Waals surface area contributed by atoms with Gasteiger partial charge in [-0.2, -0.15) is 0 Å². The van der Waals surface area contributed by atoms with Crippen molar-refractivity contribution in [1.82, 2.24) is 4.57 Å². The molecule has 1 aliphatic rings. The lowest BCUT2D eigenvalue weighted by molar-refractivity contribution is 0.0969. The summed E-state index contributed by atoms with van der Waals surface area (Å²) in [6, 6.07) is 9.45. The van der Waals surface area contributed by atoms with Crippen LogP contribution in [0.1, 0.15) is 10.5 Å². The predicted molar refractivity (Wildman–Crippen MR) is 76.7 cm³/mol. The smallest absolute Gasteiger partial charge is 0.275 e. The molecule has 0 saturated carbocycles. The molecule has 1 aliphatic heterocycles. The Morgan fingerprint density at radius 2 is 2.16 bits per heavy atom. The molecule has 1 aromatic carbocycles. The van der Waals surface area contributed by atoms with E-state index in [2.05, 4.69) is 15.9 Å². The molecule has 3 rings (SSSR count). The van der Waals surface area contributed by atoms with Crippen LogP contribution in [0.25, 0.3) is 0 Å². The highest BCUT2D eigenvalue weighted by atomic mass is 79.9. The minimum absolute atomic E-state index is 0.0102. The fourth-order valence-corrected chi connectivity index (χ4v) is 2.78. The highest BCUT2D eigenvalue weighted by molar-refractivity contribution is 9.10. The number of carbonyl (C=O) groups excluding carboxylic acids is 1. The zero-order valence-electron chi connectivity index (χ0n) is 10.5. The average molecular weight is 321 g/mol. The Labute approximate surface area is 119 Å². The number of hydrogen-bond donors (Lipinski definition) is 0. The van der Waals surface area contributed by atoms with E-state index in [4.69, 9.17) is 4.74 Å². The monoisotopic (exact) mass is 320 g/mol. The number of aromatic nitrogens is 1. The standard InChI is InChI=1S/C14H13BrN2O2/c1-16-9-10(15)8-12(16)14(18)17-6-7-19-13-5-3-2-4-11(13)17/h2-5,8-9H,6-7H2,1H3. The molecule has 0 unspecified atom stereocenters. The van der Waals surface area contributed by atoms with Crippen LogP contribution in [0.3, 0.4) is 0 Å². The van der Waals surface area contributed by atoms with Gasteiger partial charge in [0.15, 0.2) is 0 Å². The molecule has 5 heteroatoms. The summed E-state index contributed by atoms with van der Waals surface area (Å²) in [7, 11) is 1.87. The quantitative estimate of drug-likeness (QED) is 0.809. The van der Waals surface area contributed by atoms with Crippen LogP contribution >= 0.6 is 15.9 Å². The molecule has 2 heterocycles. The maximum atomic E-state index is 12.6. The number of nitrogens with zero attached hydrogens (tertiary/aromatic N) is 2. The number of anilines is 1. The molecule has 1 aromatic heterocycles. The number of amides is 1. The lowest BCUT2D eigenvalue weighted by atomic mass is 10.2. The summed E-state index contributed by atoms with van der Waals surface area (Å²) in [5.74, 6) is 0.749. The van der Waals surface area contributed by atoms with Gasteiger partial charge in [-0.05, 0) is 34.1 Å². The Morgan fingerprint density at radius 1 is 1.37 bits per heavy atom. The molecular formula is C14H13BrN2O2. The molecule has 0 bridgehead atoms. The van der Waals surface area contributed by atoms with Crippen molar-refractivity contribution in [1.29, 1.82) is 0 Å². The minimum Gasteiger partial charge on any atom is -0.490 e. The molecule has 0 saturated heterocycles. The van der Waals surface area contributed by atoms with Crippen molar-refractivity contribution in [3.63, 3.8) is 0 Å². The van der Waals surface area contributed by atoms with Crippen LogP contribution < -0.4 is 9.64 Å². The number of ether oxygens (including phenoxy) is 1. The third kappa shape index (κ3) is 2.14. The van der Waals surface area contributed by atoms with Crippen molar-refractivity contribution in [3.05, 3.63) is 46.7 Å². The van der Waals surface area contributed by atoms with Crippen LogP contribution in [-0.4, -0.2) is 23.6 Å². The summed E-state index contributed by atoms with van der Waals surface area (Å²) in [6.07, 6.45) is 1.87. The molecule has 0 aliphatic carbocycles. The average Bonchev–Trinajstić information content (AvgIpc) is 2.76. The van der Waals surface area contributed by atoms with E-state index >= 15 is 0 Å². The number of para-hydroxylation sites is 2. The molecular weight excluding hydrogens is 308 g/mol. The van der Waals surface area contributed by atoms with Gasteiger partial charge in [0.2, 0.25) is 0 Å². The van der Waals surface area contributed by atoms with Crippen molar-refractivity contribution in [2.24, 2.45) is 7.05 Å². The SMILES string of the molecule is Cn1cc(Br)cc1C(=O)N1CCOc2ccccc21. The van der Waals surface area contributed by atoms with Crippen LogP contribution in [0, 0.1) is 0 Å². The third-order valence-electron chi connectivity index (χ3n) is 3.16. The number of fused-ring (bicyclic) bond motifs is 1. The van der Waals surface area contributed by atoms with E-state index in [1.807, 2.05) is 48.1 Å². The Bertz CT molecular complexity index is 636. The lowest BCUT2D eigenvalue weighted by Gasteiger charge is -2.29. The van der Waals surface area contributed by atoms with E-state index in [9.17, 15) is 4.79 Å². The van der Waals surface area contributed by atoms with Gasteiger partial charge in [0.05, 0.1) is 12.2 Å². The zero-order chi connectivity index (χ0) is 13.4. The summed E-state index contributed by atoms with van der Waals surface area (Å²) in [4.78, 5) is 14.4. The first-order valence-corrected chi connectivity index (χ1v) is 6.81. The van der Waals surface area contributed by atoms with Crippen molar-refractivity contribution in [3.8, 4) is 5.75 Å². The first kappa shape index (κ1) is 12.3. The molecule has 0 radical (unpaired) electrons. The number of carbonyl (C=O) groups is 1. The summed E-state index contributed by atoms with van der Waals surface area (Å²) in [5, 5.41) is 0. The summed E-state index contributed by atoms with van der Waals surface area (Å²) < 4.78 is 8.29. The highest BCUT2D eigenvalue weighted by Gasteiger charge is 2.25. The fourth-order valence-electron chi connectivity index (χ4n) is 2.26. The van der Waals surface area contributed by atoms with Gasteiger partial charge < -0.3 is 14.2 Å². The maximum Gasteiger partial charge on any atom is 0.275 e. The van der Waals surface area contributed by atoms with E-state index in [1.165, 1.54) is 0 Å². The second-order valence-corrected chi connectivity index (χ2v) is 5.34. The molecule has 0 atom stereocenters. The van der Waals surface area contributed by atoms with Crippen molar-refractivity contribution in [2.75, 3.05) is 18.1 Å². The lowest BCUT2D eigenvalue weighted by Crippen LogP contribution is -2.38. The zero-order valence-corrected chi connectivity index (χ0v) is 12.1. The normalized spacial score (nSPS) is 13.9. The fraction of sp³-hybridized carbons (Fsp3) is 0.214. The van der Waals surface area contributed by atoms with Crippen molar-refractivity contribution >= 4 is 27.5 Å². The largest absolute Gasteiger partial charge is 0.490 e. The molecule has 98 valence electrons. The van der Waals surface area contributed by atoms with E-state index < -0.39 is 0 Å². The van der Waals surface area contributed by atoms with E-state index in [-0.39, 0.29) is 5.91 Å². The summed E-state index contributed by atoms with van der Waals surface area (Å²) in [6.45, 7) is 1.09. The maximum absolute atomic E-state index is 12.6. The summed E-state index contributed by atoms with van der Waals surface area (Å²) in [5.41, 5.74) is 1.49. The predicted octanol–water partition coefficient (Wildman–Crippen LogP) is 2.83. The second kappa shape index (κ2) is 4.74. The van der Waals surface area contributed by atoms with Gasteiger partial charge in [-0.15, -0.1) is 0 Å². The van der Waals surface area contributed by atoms with Gasteiger partial charge in [0, 0.05) is 17.7 Å². The number of rotatable bonds is 1. The van der Waals surface area contributed by atoms with Crippen molar-refractivity contribution in [2.45, 2.75) is 0 Å². The first-order valence-electron chi connectivity index (χ1n) is 6.02. The Balaban J connectivity index is 2.00. The van der Waals surface area contributed by atoms with Gasteiger partial charge in [-0.1, -0.05) is 12.1 Å². The first-order chi connectivity index (χ1) is 9.16. The van der Waals surface area contributed by atoms with Crippen LogP contribution in [0.2, 0.25) is 0 Å². The molecule has 0 N–H and O–H groups in total. The molecule has 19 heavy (non-hydrogen) atoms. The van der Waals surface area contributed by atoms with Gasteiger partial charge in [0.25, 0.3) is 5.91 Å². The van der Waals surface area contributed by atoms with Gasteiger partial charge in [-0.3, -0.25) is 4.79 Å². The Kier molecular flexibility index (Phi) is 3.06. The Morgan fingerprint density at radius 3 is 2.89 bits per heavy atom. The number of halogens is 1. The minimum atomic E-state index is -0.0102. The molecule has 4 nitrogen and oxygen atoms in total. The van der Waals surface area contributed by atoms with Crippen LogP contribution in [-0.2, 0) is 7.05 Å². The number of hydrogen-bond acceptors (Lipinski definition) is 2. The second-order valence-electron chi connectivity index (χ2n) is 4.43. The van der Waals surface area contributed by atoms with Gasteiger partial charge in [-0.25, -0.2) is 0 Å². The highest BCUT2D eigenvalue weighted by Crippen LogP contribution is 2.32. The third-order valence-corrected chi connectivity index (χ3v) is 3.60. The van der Waals surface area contributed by atoms with Crippen molar-refractivity contribution < 1.29 is 9.53 Å². The van der Waals surface area contributed by atoms with Gasteiger partial charge >= 0.3 is 0 Å². The molecule has 1 amide bonds. The van der Waals surface area contributed by atoms with Crippen LogP contribution in [0.5, 0.6) is 5.75 Å². The van der Waals surface area contributed by atoms with Crippen LogP contribution in [0.4, 0.5) is 5.69 Å². The Hall–Kier alpha value is -1.75. The van der Waals surface area contributed by atoms with E-state index in [0.29, 0.717) is 18.8 Å². The topological polar surface area (TPSA) is 34.5 Å². The van der Waals surface area contributed by atoms with Gasteiger partial charge in [0.1, 0.15) is 18.1 Å². The molecule has 2 aromatic rings. The summed E-state index contributed by atoms with van der Waals surface area (Å²) >= 11 is 3.39. The number of benzene rings is 1. The van der Waals surface area contributed by atoms with Crippen LogP contribution in [0.15, 0.2) is 41.0 Å². The molecule has 0 fully saturated rings. The van der Waals surface area contributed by atoms with E-state index in [1.54, 1.807) is 4.90 Å².